The Kier molecular flexibility index (Phi) is 5.52. The second-order valence-corrected chi connectivity index (χ2v) is 6.13. The molecule has 0 heterocycles. The van der Waals surface area contributed by atoms with E-state index < -0.39 is 11.7 Å². The van der Waals surface area contributed by atoms with Gasteiger partial charge < -0.3 is 19.9 Å². The average Bonchev–Trinajstić information content (AvgIpc) is 2.49. The highest BCUT2D eigenvalue weighted by molar-refractivity contribution is 5.84. The van der Waals surface area contributed by atoms with Crippen molar-refractivity contribution >= 4 is 17.5 Å². The van der Waals surface area contributed by atoms with E-state index in [0.29, 0.717) is 22.9 Å². The van der Waals surface area contributed by atoms with Crippen LogP contribution in [0.3, 0.4) is 0 Å². The predicted octanol–water partition coefficient (Wildman–Crippen LogP) is 4.03. The van der Waals surface area contributed by atoms with Crippen LogP contribution in [-0.4, -0.2) is 18.5 Å². The molecule has 0 aromatic heterocycles. The fourth-order valence-electron chi connectivity index (χ4n) is 1.79. The predicted molar refractivity (Wildman–Crippen MR) is 93.3 cm³/mol. The number of rotatable bonds is 5. The Morgan fingerprint density at radius 1 is 0.958 bits per heavy atom. The molecular formula is C18H22N2O4. The van der Waals surface area contributed by atoms with Gasteiger partial charge in [0.25, 0.3) is 0 Å². The zero-order valence-corrected chi connectivity index (χ0v) is 14.0. The minimum Gasteiger partial charge on any atom is -0.458 e. The zero-order valence-electron chi connectivity index (χ0n) is 14.0. The van der Waals surface area contributed by atoms with E-state index >= 15 is 0 Å². The molecule has 0 atom stereocenters. The molecule has 0 bridgehead atoms. The minimum atomic E-state index is -0.535. The largest absolute Gasteiger partial charge is 0.458 e. The number of anilines is 2. The summed E-state index contributed by atoms with van der Waals surface area (Å²) in [6, 6.07) is 14.0. The summed E-state index contributed by atoms with van der Waals surface area (Å²) in [4.78, 5) is 11.7. The van der Waals surface area contributed by atoms with Crippen molar-refractivity contribution in [2.45, 2.75) is 26.4 Å². The fourth-order valence-corrected chi connectivity index (χ4v) is 1.79. The van der Waals surface area contributed by atoms with Crippen molar-refractivity contribution in [1.29, 1.82) is 0 Å². The van der Waals surface area contributed by atoms with Crippen LogP contribution in [-0.2, 0) is 4.74 Å². The van der Waals surface area contributed by atoms with E-state index in [1.807, 2.05) is 20.8 Å². The molecule has 0 aliphatic rings. The fraction of sp³-hybridized carbons (Fsp3) is 0.278. The van der Waals surface area contributed by atoms with Gasteiger partial charge in [-0.2, -0.15) is 0 Å². The van der Waals surface area contributed by atoms with E-state index in [0.717, 1.165) is 0 Å². The Balaban J connectivity index is 1.79. The number of carbonyl (C=O) groups excluding carboxylic acids is 1. The molecule has 2 aromatic rings. The first kappa shape index (κ1) is 17.5. The summed E-state index contributed by atoms with van der Waals surface area (Å²) >= 11 is 0. The number of benzene rings is 2. The summed E-state index contributed by atoms with van der Waals surface area (Å²) in [7, 11) is 0. The summed E-state index contributed by atoms with van der Waals surface area (Å²) in [6.07, 6.45) is -0.497. The molecule has 1 amide bonds. The molecule has 0 saturated carbocycles. The van der Waals surface area contributed by atoms with Gasteiger partial charge in [-0.15, -0.1) is 0 Å². The first-order valence-electron chi connectivity index (χ1n) is 7.53. The molecule has 0 aliphatic carbocycles. The molecule has 0 saturated heterocycles. The molecule has 3 N–H and O–H groups in total. The molecule has 6 nitrogen and oxygen atoms in total. The summed E-state index contributed by atoms with van der Waals surface area (Å²) in [5, 5.41) is 2.65. The van der Waals surface area contributed by atoms with Gasteiger partial charge in [-0.05, 0) is 69.3 Å². The van der Waals surface area contributed by atoms with Crippen LogP contribution in [0.5, 0.6) is 11.5 Å². The van der Waals surface area contributed by atoms with E-state index in [2.05, 4.69) is 5.32 Å². The zero-order chi connectivity index (χ0) is 17.6. The van der Waals surface area contributed by atoms with Crippen LogP contribution >= 0.6 is 0 Å². The second-order valence-electron chi connectivity index (χ2n) is 6.13. The van der Waals surface area contributed by atoms with Crippen LogP contribution in [0.25, 0.3) is 0 Å². The Bertz CT molecular complexity index is 661. The van der Waals surface area contributed by atoms with Gasteiger partial charge in [0.15, 0.2) is 0 Å². The third-order valence-corrected chi connectivity index (χ3v) is 2.83. The molecule has 2 aromatic carbocycles. The van der Waals surface area contributed by atoms with Gasteiger partial charge >= 0.3 is 6.09 Å². The lowest BCUT2D eigenvalue weighted by molar-refractivity contribution is 0.0636. The summed E-state index contributed by atoms with van der Waals surface area (Å²) in [6.45, 7) is 5.50. The Hall–Kier alpha value is -2.89. The molecule has 128 valence electrons. The van der Waals surface area contributed by atoms with Crippen molar-refractivity contribution < 1.29 is 19.0 Å². The molecule has 0 fully saturated rings. The van der Waals surface area contributed by atoms with Gasteiger partial charge in [0.2, 0.25) is 6.79 Å². The maximum absolute atomic E-state index is 11.7. The quantitative estimate of drug-likeness (QED) is 0.639. The molecule has 6 heteroatoms. The van der Waals surface area contributed by atoms with Crippen molar-refractivity contribution in [3.05, 3.63) is 48.5 Å². The average molecular weight is 330 g/mol. The van der Waals surface area contributed by atoms with Crippen LogP contribution < -0.4 is 20.5 Å². The third kappa shape index (κ3) is 6.08. The number of nitrogens with two attached hydrogens (primary N) is 1. The van der Waals surface area contributed by atoms with E-state index in [-0.39, 0.29) is 6.79 Å². The summed E-state index contributed by atoms with van der Waals surface area (Å²) in [5.74, 6) is 1.30. The first-order valence-corrected chi connectivity index (χ1v) is 7.53. The number of ether oxygens (including phenoxy) is 3. The maximum Gasteiger partial charge on any atom is 0.412 e. The van der Waals surface area contributed by atoms with Crippen molar-refractivity contribution in [2.75, 3.05) is 17.8 Å². The van der Waals surface area contributed by atoms with E-state index in [1.54, 1.807) is 48.5 Å². The lowest BCUT2D eigenvalue weighted by Crippen LogP contribution is -2.27. The van der Waals surface area contributed by atoms with Crippen molar-refractivity contribution in [3.63, 3.8) is 0 Å². The van der Waals surface area contributed by atoms with E-state index in [1.165, 1.54) is 0 Å². The van der Waals surface area contributed by atoms with Crippen molar-refractivity contribution in [1.82, 2.24) is 0 Å². The van der Waals surface area contributed by atoms with Gasteiger partial charge in [-0.1, -0.05) is 0 Å². The molecule has 0 radical (unpaired) electrons. The summed E-state index contributed by atoms with van der Waals surface area (Å²) in [5.41, 5.74) is 6.37. The normalized spacial score (nSPS) is 10.8. The lowest BCUT2D eigenvalue weighted by Gasteiger charge is -2.19. The summed E-state index contributed by atoms with van der Waals surface area (Å²) < 4.78 is 16.1. The smallest absolute Gasteiger partial charge is 0.412 e. The van der Waals surface area contributed by atoms with E-state index in [9.17, 15) is 4.79 Å². The van der Waals surface area contributed by atoms with Gasteiger partial charge in [-0.25, -0.2) is 4.79 Å². The van der Waals surface area contributed by atoms with Crippen LogP contribution in [0.2, 0.25) is 0 Å². The highest BCUT2D eigenvalue weighted by Crippen LogP contribution is 2.18. The van der Waals surface area contributed by atoms with Crippen molar-refractivity contribution in [3.8, 4) is 11.5 Å². The SMILES string of the molecule is CC(C)(C)OC(=O)Nc1ccc(OCOc2ccc(N)cc2)cc1. The Morgan fingerprint density at radius 2 is 1.46 bits per heavy atom. The number of nitrogens with one attached hydrogen (secondary N) is 1. The number of hydrogen-bond donors (Lipinski definition) is 2. The van der Waals surface area contributed by atoms with Crippen LogP contribution in [0.15, 0.2) is 48.5 Å². The molecule has 24 heavy (non-hydrogen) atoms. The van der Waals surface area contributed by atoms with Crippen LogP contribution in [0, 0.1) is 0 Å². The van der Waals surface area contributed by atoms with Gasteiger partial charge in [-0.3, -0.25) is 5.32 Å². The molecule has 0 unspecified atom stereocenters. The molecule has 0 spiro atoms. The maximum atomic E-state index is 11.7. The number of hydrogen-bond acceptors (Lipinski definition) is 5. The molecule has 2 rings (SSSR count). The first-order chi connectivity index (χ1) is 11.3. The third-order valence-electron chi connectivity index (χ3n) is 2.83. The number of amides is 1. The molecular weight excluding hydrogens is 308 g/mol. The van der Waals surface area contributed by atoms with Crippen LogP contribution in [0.1, 0.15) is 20.8 Å². The number of nitrogen functional groups attached to an aromatic ring is 1. The highest BCUT2D eigenvalue weighted by atomic mass is 16.7. The second kappa shape index (κ2) is 7.59. The minimum absolute atomic E-state index is 0.0722. The topological polar surface area (TPSA) is 82.8 Å². The Morgan fingerprint density at radius 3 is 1.96 bits per heavy atom. The Labute approximate surface area is 141 Å². The molecule has 0 aliphatic heterocycles. The number of carbonyl (C=O) groups is 1. The lowest BCUT2D eigenvalue weighted by atomic mass is 10.2. The van der Waals surface area contributed by atoms with E-state index in [4.69, 9.17) is 19.9 Å². The standard InChI is InChI=1S/C18H22N2O4/c1-18(2,3)24-17(21)20-14-6-10-16(11-7-14)23-12-22-15-8-4-13(19)5-9-15/h4-11H,12,19H2,1-3H3,(H,20,21). The monoisotopic (exact) mass is 330 g/mol. The van der Waals surface area contributed by atoms with Gasteiger partial charge in [0.05, 0.1) is 0 Å². The van der Waals surface area contributed by atoms with Gasteiger partial charge in [0.1, 0.15) is 17.1 Å². The van der Waals surface area contributed by atoms with Crippen LogP contribution in [0.4, 0.5) is 16.2 Å². The highest BCUT2D eigenvalue weighted by Gasteiger charge is 2.16. The van der Waals surface area contributed by atoms with Crippen molar-refractivity contribution in [2.24, 2.45) is 0 Å². The van der Waals surface area contributed by atoms with Gasteiger partial charge in [0, 0.05) is 11.4 Å².